The molecule has 5 nitrogen and oxygen atoms in total. The Morgan fingerprint density at radius 2 is 1.79 bits per heavy atom. The van der Waals surface area contributed by atoms with Crippen LogP contribution in [0.25, 0.3) is 0 Å². The monoisotopic (exact) mass is 379 g/mol. The molecule has 0 saturated carbocycles. The molecule has 0 radical (unpaired) electrons. The highest BCUT2D eigenvalue weighted by molar-refractivity contribution is 6.04. The van der Waals surface area contributed by atoms with Crippen LogP contribution in [0.3, 0.4) is 0 Å². The Balaban J connectivity index is 1.23. The molecule has 0 aliphatic carbocycles. The number of ether oxygens (including phenoxy) is 1. The minimum absolute atomic E-state index is 0.0949. The van der Waals surface area contributed by atoms with Gasteiger partial charge >= 0.3 is 0 Å². The molecule has 28 heavy (non-hydrogen) atoms. The summed E-state index contributed by atoms with van der Waals surface area (Å²) in [5.41, 5.74) is 4.04. The van der Waals surface area contributed by atoms with Crippen molar-refractivity contribution in [2.75, 3.05) is 31.6 Å². The zero-order valence-electron chi connectivity index (χ0n) is 16.4. The van der Waals surface area contributed by atoms with Crippen LogP contribution in [0.2, 0.25) is 0 Å². The number of carbonyl (C=O) groups excluding carboxylic acids is 1. The van der Waals surface area contributed by atoms with Crippen LogP contribution in [0, 0.1) is 0 Å². The van der Waals surface area contributed by atoms with Gasteiger partial charge in [-0.3, -0.25) is 4.79 Å². The Morgan fingerprint density at radius 1 is 1.00 bits per heavy atom. The zero-order valence-corrected chi connectivity index (χ0v) is 16.4. The van der Waals surface area contributed by atoms with Crippen molar-refractivity contribution < 1.29 is 9.53 Å². The fourth-order valence-corrected chi connectivity index (χ4v) is 3.94. The summed E-state index contributed by atoms with van der Waals surface area (Å²) in [6, 6.07) is 13.5. The van der Waals surface area contributed by atoms with Gasteiger partial charge in [0.15, 0.2) is 0 Å². The van der Waals surface area contributed by atoms with Crippen molar-refractivity contribution in [1.82, 2.24) is 10.2 Å². The molecule has 2 aliphatic rings. The summed E-state index contributed by atoms with van der Waals surface area (Å²) in [5.74, 6) is 0.723. The average Bonchev–Trinajstić information content (AvgIpc) is 3.20. The van der Waals surface area contributed by atoms with Gasteiger partial charge in [-0.2, -0.15) is 0 Å². The first kappa shape index (κ1) is 19.0. The van der Waals surface area contributed by atoms with Gasteiger partial charge in [-0.05, 0) is 79.9 Å². The lowest BCUT2D eigenvalue weighted by Gasteiger charge is -2.26. The number of amides is 1. The number of nitrogens with one attached hydrogen (secondary N) is 2. The molecule has 0 bridgehead atoms. The van der Waals surface area contributed by atoms with Gasteiger partial charge in [0.1, 0.15) is 5.75 Å². The first-order valence-electron chi connectivity index (χ1n) is 10.4. The second kappa shape index (κ2) is 9.22. The van der Waals surface area contributed by atoms with Gasteiger partial charge in [0, 0.05) is 30.9 Å². The predicted octanol–water partition coefficient (Wildman–Crippen LogP) is 3.80. The third kappa shape index (κ3) is 4.91. The average molecular weight is 380 g/mol. The fourth-order valence-electron chi connectivity index (χ4n) is 3.94. The zero-order chi connectivity index (χ0) is 19.2. The largest absolute Gasteiger partial charge is 0.494 e. The summed E-state index contributed by atoms with van der Waals surface area (Å²) >= 11 is 0. The minimum atomic E-state index is -0.0949. The first-order valence-corrected chi connectivity index (χ1v) is 10.4. The third-order valence-electron chi connectivity index (χ3n) is 5.55. The van der Waals surface area contributed by atoms with Crippen LogP contribution < -0.4 is 15.4 Å². The summed E-state index contributed by atoms with van der Waals surface area (Å²) in [7, 11) is 0. The second-order valence-electron chi connectivity index (χ2n) is 7.67. The van der Waals surface area contributed by atoms with E-state index >= 15 is 0 Å². The number of fused-ring (bicyclic) bond motifs is 1. The molecule has 5 heteroatoms. The minimum Gasteiger partial charge on any atom is -0.494 e. The van der Waals surface area contributed by atoms with Crippen LogP contribution >= 0.6 is 0 Å². The lowest BCUT2D eigenvalue weighted by molar-refractivity contribution is 0.102. The molecule has 2 aromatic rings. The van der Waals surface area contributed by atoms with Gasteiger partial charge in [-0.15, -0.1) is 0 Å². The van der Waals surface area contributed by atoms with E-state index in [2.05, 4.69) is 21.6 Å². The number of nitrogens with zero attached hydrogens (tertiary/aromatic N) is 1. The molecule has 1 saturated heterocycles. The molecule has 2 N–H and O–H groups in total. The predicted molar refractivity (Wildman–Crippen MR) is 112 cm³/mol. The summed E-state index contributed by atoms with van der Waals surface area (Å²) in [6.45, 7) is 6.04. The van der Waals surface area contributed by atoms with Crippen molar-refractivity contribution in [1.29, 1.82) is 0 Å². The highest BCUT2D eigenvalue weighted by atomic mass is 16.5. The quantitative estimate of drug-likeness (QED) is 0.719. The van der Waals surface area contributed by atoms with Crippen molar-refractivity contribution in [3.05, 3.63) is 59.2 Å². The fraction of sp³-hybridized carbons (Fsp3) is 0.435. The van der Waals surface area contributed by atoms with Gasteiger partial charge in [0.25, 0.3) is 5.91 Å². The smallest absolute Gasteiger partial charge is 0.255 e. The van der Waals surface area contributed by atoms with Gasteiger partial charge in [0.05, 0.1) is 6.61 Å². The van der Waals surface area contributed by atoms with Crippen molar-refractivity contribution in [2.45, 2.75) is 38.8 Å². The molecule has 148 valence electrons. The molecule has 1 fully saturated rings. The SMILES string of the molecule is O=C(Nc1ccc2c(c1)CNC2)c1ccc(OCCCN2CCCCC2)cc1. The maximum absolute atomic E-state index is 12.5. The van der Waals surface area contributed by atoms with Crippen LogP contribution in [0.1, 0.15) is 47.2 Å². The van der Waals surface area contributed by atoms with Crippen molar-refractivity contribution >= 4 is 11.6 Å². The molecular weight excluding hydrogens is 350 g/mol. The van der Waals surface area contributed by atoms with Crippen molar-refractivity contribution in [3.63, 3.8) is 0 Å². The number of rotatable bonds is 7. The molecule has 1 amide bonds. The molecule has 2 heterocycles. The van der Waals surface area contributed by atoms with Gasteiger partial charge in [-0.1, -0.05) is 12.5 Å². The van der Waals surface area contributed by atoms with E-state index in [1.807, 2.05) is 36.4 Å². The number of carbonyl (C=O) groups is 1. The molecular formula is C23H29N3O2. The van der Waals surface area contributed by atoms with Crippen molar-refractivity contribution in [3.8, 4) is 5.75 Å². The topological polar surface area (TPSA) is 53.6 Å². The molecule has 0 aromatic heterocycles. The van der Waals surface area contributed by atoms with Gasteiger partial charge in [-0.25, -0.2) is 0 Å². The number of piperidine rings is 1. The summed E-state index contributed by atoms with van der Waals surface area (Å²) in [4.78, 5) is 15.0. The normalized spacial score (nSPS) is 16.6. The second-order valence-corrected chi connectivity index (χ2v) is 7.67. The third-order valence-corrected chi connectivity index (χ3v) is 5.55. The summed E-state index contributed by atoms with van der Waals surface area (Å²) < 4.78 is 5.84. The molecule has 2 aromatic carbocycles. The summed E-state index contributed by atoms with van der Waals surface area (Å²) in [5, 5.41) is 6.30. The molecule has 4 rings (SSSR count). The first-order chi connectivity index (χ1) is 13.8. The molecule has 0 spiro atoms. The lowest BCUT2D eigenvalue weighted by Crippen LogP contribution is -2.31. The van der Waals surface area contributed by atoms with Gasteiger partial charge < -0.3 is 20.3 Å². The lowest BCUT2D eigenvalue weighted by atomic mass is 10.1. The number of hydrogen-bond acceptors (Lipinski definition) is 4. The Bertz CT molecular complexity index is 798. The summed E-state index contributed by atoms with van der Waals surface area (Å²) in [6.07, 6.45) is 5.06. The Kier molecular flexibility index (Phi) is 6.24. The van der Waals surface area contributed by atoms with E-state index in [1.54, 1.807) is 0 Å². The Hall–Kier alpha value is -2.37. The van der Waals surface area contributed by atoms with E-state index in [0.29, 0.717) is 12.2 Å². The number of benzene rings is 2. The van der Waals surface area contributed by atoms with E-state index in [1.165, 1.54) is 43.5 Å². The highest BCUT2D eigenvalue weighted by Crippen LogP contribution is 2.21. The standard InChI is InChI=1S/C23H29N3O2/c27-23(25-21-8-5-19-16-24-17-20(19)15-21)18-6-9-22(10-7-18)28-14-4-13-26-11-2-1-3-12-26/h5-10,15,24H,1-4,11-14,16-17H2,(H,25,27). The number of likely N-dealkylation sites (tertiary alicyclic amines) is 1. The van der Waals surface area contributed by atoms with E-state index in [-0.39, 0.29) is 5.91 Å². The maximum atomic E-state index is 12.5. The Morgan fingerprint density at radius 3 is 2.61 bits per heavy atom. The van der Waals surface area contributed by atoms with Crippen LogP contribution in [-0.2, 0) is 13.1 Å². The molecule has 0 unspecified atom stereocenters. The van der Waals surface area contributed by atoms with Crippen LogP contribution in [0.5, 0.6) is 5.75 Å². The number of anilines is 1. The molecule has 2 aliphatic heterocycles. The van der Waals surface area contributed by atoms with E-state index < -0.39 is 0 Å². The van der Waals surface area contributed by atoms with Crippen LogP contribution in [0.15, 0.2) is 42.5 Å². The number of hydrogen-bond donors (Lipinski definition) is 2. The van der Waals surface area contributed by atoms with Crippen molar-refractivity contribution in [2.24, 2.45) is 0 Å². The highest BCUT2D eigenvalue weighted by Gasteiger charge is 2.12. The maximum Gasteiger partial charge on any atom is 0.255 e. The van der Waals surface area contributed by atoms with Gasteiger partial charge in [0.2, 0.25) is 0 Å². The van der Waals surface area contributed by atoms with E-state index in [9.17, 15) is 4.79 Å². The van der Waals surface area contributed by atoms with E-state index in [4.69, 9.17) is 4.74 Å². The Labute approximate surface area is 167 Å². The molecule has 0 atom stereocenters. The van der Waals surface area contributed by atoms with Crippen LogP contribution in [-0.4, -0.2) is 37.0 Å². The van der Waals surface area contributed by atoms with Crippen LogP contribution in [0.4, 0.5) is 5.69 Å². The van der Waals surface area contributed by atoms with E-state index in [0.717, 1.165) is 37.5 Å².